The largest absolute Gasteiger partial charge is 0.416 e. The predicted octanol–water partition coefficient (Wildman–Crippen LogP) is 2.64. The molecule has 0 atom stereocenters. The SMILES string of the molecule is N#Cc1cc(C(F)(F)F)ccc1NC(=O)C1(CN)CCC1. The first-order valence-corrected chi connectivity index (χ1v) is 6.45. The van der Waals surface area contributed by atoms with Gasteiger partial charge in [0.1, 0.15) is 6.07 Å². The van der Waals surface area contributed by atoms with E-state index in [9.17, 15) is 18.0 Å². The lowest BCUT2D eigenvalue weighted by molar-refractivity contribution is -0.137. The molecule has 112 valence electrons. The van der Waals surface area contributed by atoms with Crippen LogP contribution in [0.5, 0.6) is 0 Å². The fraction of sp³-hybridized carbons (Fsp3) is 0.429. The van der Waals surface area contributed by atoms with Gasteiger partial charge in [0.25, 0.3) is 0 Å². The molecule has 7 heteroatoms. The summed E-state index contributed by atoms with van der Waals surface area (Å²) in [6, 6.07) is 4.34. The fourth-order valence-corrected chi connectivity index (χ4v) is 2.30. The molecule has 4 nitrogen and oxygen atoms in total. The van der Waals surface area contributed by atoms with Crippen LogP contribution in [0.1, 0.15) is 30.4 Å². The molecule has 1 fully saturated rings. The third-order valence-electron chi connectivity index (χ3n) is 3.90. The number of amides is 1. The van der Waals surface area contributed by atoms with Gasteiger partial charge in [-0.05, 0) is 31.0 Å². The summed E-state index contributed by atoms with van der Waals surface area (Å²) in [6.07, 6.45) is -2.33. The first-order chi connectivity index (χ1) is 9.82. The van der Waals surface area contributed by atoms with Crippen molar-refractivity contribution in [2.24, 2.45) is 11.1 Å². The second-order valence-electron chi connectivity index (χ2n) is 5.16. The van der Waals surface area contributed by atoms with E-state index in [0.29, 0.717) is 12.8 Å². The standard InChI is InChI=1S/C14H14F3N3O/c15-14(16,17)10-2-3-11(9(6-10)7-18)20-12(21)13(8-19)4-1-5-13/h2-3,6H,1,4-5,8,19H2,(H,20,21). The van der Waals surface area contributed by atoms with E-state index < -0.39 is 17.2 Å². The maximum absolute atomic E-state index is 12.6. The molecule has 1 amide bonds. The third kappa shape index (κ3) is 2.85. The maximum atomic E-state index is 12.6. The van der Waals surface area contributed by atoms with Crippen LogP contribution < -0.4 is 11.1 Å². The molecular formula is C14H14F3N3O. The zero-order valence-corrected chi connectivity index (χ0v) is 11.1. The molecule has 1 aromatic rings. The van der Waals surface area contributed by atoms with E-state index in [-0.39, 0.29) is 23.7 Å². The Morgan fingerprint density at radius 2 is 2.10 bits per heavy atom. The number of nitrogens with two attached hydrogens (primary N) is 1. The van der Waals surface area contributed by atoms with Crippen molar-refractivity contribution < 1.29 is 18.0 Å². The minimum absolute atomic E-state index is 0.0789. The number of hydrogen-bond donors (Lipinski definition) is 2. The summed E-state index contributed by atoms with van der Waals surface area (Å²) in [5, 5.41) is 11.5. The monoisotopic (exact) mass is 297 g/mol. The number of nitriles is 1. The first kappa shape index (κ1) is 15.3. The minimum atomic E-state index is -4.53. The van der Waals surface area contributed by atoms with Crippen molar-refractivity contribution in [2.75, 3.05) is 11.9 Å². The zero-order valence-electron chi connectivity index (χ0n) is 11.1. The van der Waals surface area contributed by atoms with Crippen molar-refractivity contribution in [1.29, 1.82) is 5.26 Å². The van der Waals surface area contributed by atoms with Crippen LogP contribution in [-0.4, -0.2) is 12.5 Å². The Bertz CT molecular complexity index is 595. The summed E-state index contributed by atoms with van der Waals surface area (Å²) >= 11 is 0. The van der Waals surface area contributed by atoms with Crippen LogP contribution in [0, 0.1) is 16.7 Å². The number of anilines is 1. The average molecular weight is 297 g/mol. The lowest BCUT2D eigenvalue weighted by Crippen LogP contribution is -2.47. The summed E-state index contributed by atoms with van der Waals surface area (Å²) in [7, 11) is 0. The molecule has 0 spiro atoms. The number of carbonyl (C=O) groups is 1. The van der Waals surface area contributed by atoms with Crippen LogP contribution in [0.4, 0.5) is 18.9 Å². The molecule has 0 radical (unpaired) electrons. The molecule has 0 unspecified atom stereocenters. The molecule has 0 saturated heterocycles. The highest BCUT2D eigenvalue weighted by Crippen LogP contribution is 2.41. The topological polar surface area (TPSA) is 78.9 Å². The maximum Gasteiger partial charge on any atom is 0.416 e. The van der Waals surface area contributed by atoms with Crippen molar-refractivity contribution >= 4 is 11.6 Å². The van der Waals surface area contributed by atoms with Gasteiger partial charge >= 0.3 is 6.18 Å². The smallest absolute Gasteiger partial charge is 0.329 e. The normalized spacial score (nSPS) is 16.7. The zero-order chi connectivity index (χ0) is 15.7. The van der Waals surface area contributed by atoms with Crippen LogP contribution in [0.2, 0.25) is 0 Å². The molecule has 3 N–H and O–H groups in total. The van der Waals surface area contributed by atoms with Crippen molar-refractivity contribution in [3.63, 3.8) is 0 Å². The lowest BCUT2D eigenvalue weighted by atomic mass is 9.68. The molecule has 1 aliphatic carbocycles. The molecule has 1 saturated carbocycles. The first-order valence-electron chi connectivity index (χ1n) is 6.45. The van der Waals surface area contributed by atoms with Gasteiger partial charge < -0.3 is 11.1 Å². The van der Waals surface area contributed by atoms with E-state index >= 15 is 0 Å². The van der Waals surface area contributed by atoms with E-state index in [1.807, 2.05) is 0 Å². The molecular weight excluding hydrogens is 283 g/mol. The number of nitrogens with zero attached hydrogens (tertiary/aromatic N) is 1. The number of carbonyl (C=O) groups excluding carboxylic acids is 1. The van der Waals surface area contributed by atoms with E-state index in [1.165, 1.54) is 0 Å². The van der Waals surface area contributed by atoms with Gasteiger partial charge in [-0.15, -0.1) is 0 Å². The van der Waals surface area contributed by atoms with E-state index in [2.05, 4.69) is 5.32 Å². The van der Waals surface area contributed by atoms with Gasteiger partial charge in [-0.2, -0.15) is 18.4 Å². The molecule has 1 aliphatic rings. The van der Waals surface area contributed by atoms with Crippen molar-refractivity contribution in [3.05, 3.63) is 29.3 Å². The number of benzene rings is 1. The summed E-state index contributed by atoms with van der Waals surface area (Å²) < 4.78 is 37.8. The van der Waals surface area contributed by atoms with Gasteiger partial charge in [0.2, 0.25) is 5.91 Å². The Morgan fingerprint density at radius 1 is 1.43 bits per heavy atom. The number of nitrogens with one attached hydrogen (secondary N) is 1. The van der Waals surface area contributed by atoms with Gasteiger partial charge in [-0.3, -0.25) is 4.79 Å². The molecule has 0 aromatic heterocycles. The second-order valence-corrected chi connectivity index (χ2v) is 5.16. The fourth-order valence-electron chi connectivity index (χ4n) is 2.30. The second kappa shape index (κ2) is 5.37. The van der Waals surface area contributed by atoms with Gasteiger partial charge in [0.05, 0.1) is 22.2 Å². The van der Waals surface area contributed by atoms with Crippen LogP contribution in [0.15, 0.2) is 18.2 Å². The highest BCUT2D eigenvalue weighted by molar-refractivity contribution is 5.97. The Hall–Kier alpha value is -2.07. The van der Waals surface area contributed by atoms with Crippen molar-refractivity contribution in [2.45, 2.75) is 25.4 Å². The van der Waals surface area contributed by atoms with Crippen molar-refractivity contribution in [3.8, 4) is 6.07 Å². The number of rotatable bonds is 3. The van der Waals surface area contributed by atoms with Crippen LogP contribution in [0.25, 0.3) is 0 Å². The lowest BCUT2D eigenvalue weighted by Gasteiger charge is -2.39. The quantitative estimate of drug-likeness (QED) is 0.900. The summed E-state index contributed by atoms with van der Waals surface area (Å²) in [5.74, 6) is -0.340. The Balaban J connectivity index is 2.25. The van der Waals surface area contributed by atoms with Crippen LogP contribution in [0.3, 0.4) is 0 Å². The highest BCUT2D eigenvalue weighted by atomic mass is 19.4. The van der Waals surface area contributed by atoms with E-state index in [1.54, 1.807) is 6.07 Å². The molecule has 0 aliphatic heterocycles. The van der Waals surface area contributed by atoms with Gasteiger partial charge in [0, 0.05) is 6.54 Å². The third-order valence-corrected chi connectivity index (χ3v) is 3.90. The number of hydrogen-bond acceptors (Lipinski definition) is 3. The number of alkyl halides is 3. The Labute approximate surface area is 119 Å². The van der Waals surface area contributed by atoms with Gasteiger partial charge in [0.15, 0.2) is 0 Å². The minimum Gasteiger partial charge on any atom is -0.329 e. The van der Waals surface area contributed by atoms with Gasteiger partial charge in [-0.1, -0.05) is 6.42 Å². The molecule has 2 rings (SSSR count). The summed E-state index contributed by atoms with van der Waals surface area (Å²) in [4.78, 5) is 12.2. The number of halogens is 3. The van der Waals surface area contributed by atoms with E-state index in [0.717, 1.165) is 24.6 Å². The van der Waals surface area contributed by atoms with Crippen molar-refractivity contribution in [1.82, 2.24) is 0 Å². The summed E-state index contributed by atoms with van der Waals surface area (Å²) in [6.45, 7) is 0.182. The van der Waals surface area contributed by atoms with Crippen LogP contribution in [-0.2, 0) is 11.0 Å². The molecule has 0 heterocycles. The highest BCUT2D eigenvalue weighted by Gasteiger charge is 2.43. The molecule has 1 aromatic carbocycles. The Morgan fingerprint density at radius 3 is 2.52 bits per heavy atom. The molecule has 21 heavy (non-hydrogen) atoms. The average Bonchev–Trinajstić information content (AvgIpc) is 2.37. The van der Waals surface area contributed by atoms with Gasteiger partial charge in [-0.25, -0.2) is 0 Å². The van der Waals surface area contributed by atoms with Crippen LogP contribution >= 0.6 is 0 Å². The Kier molecular flexibility index (Phi) is 3.92. The van der Waals surface area contributed by atoms with E-state index in [4.69, 9.17) is 11.0 Å². The summed E-state index contributed by atoms with van der Waals surface area (Å²) in [5.41, 5.74) is 3.88. The molecule has 0 bridgehead atoms. The predicted molar refractivity (Wildman–Crippen MR) is 70.1 cm³/mol.